The summed E-state index contributed by atoms with van der Waals surface area (Å²) in [5.74, 6) is 0.0898. The first-order valence-electron chi connectivity index (χ1n) is 7.65. The predicted molar refractivity (Wildman–Crippen MR) is 94.3 cm³/mol. The van der Waals surface area contributed by atoms with Crippen LogP contribution < -0.4 is 10.1 Å². The minimum absolute atomic E-state index is 0.0933. The van der Waals surface area contributed by atoms with Gasteiger partial charge in [-0.05, 0) is 43.3 Å². The zero-order valence-corrected chi connectivity index (χ0v) is 13.7. The summed E-state index contributed by atoms with van der Waals surface area (Å²) in [7, 11) is 0. The summed E-state index contributed by atoms with van der Waals surface area (Å²) in [6.07, 6.45) is 3.14. The van der Waals surface area contributed by atoms with Crippen LogP contribution in [0.1, 0.15) is 15.9 Å². The average Bonchev–Trinajstić information content (AvgIpc) is 2.64. The molecule has 1 N–H and O–H groups in total. The van der Waals surface area contributed by atoms with E-state index in [0.717, 1.165) is 0 Å². The molecular formula is C18H14N4O4. The lowest BCUT2D eigenvalue weighted by molar-refractivity contribution is -0.385. The van der Waals surface area contributed by atoms with Crippen LogP contribution in [0.5, 0.6) is 11.8 Å². The van der Waals surface area contributed by atoms with E-state index in [1.807, 2.05) is 0 Å². The Kier molecular flexibility index (Phi) is 4.84. The first-order chi connectivity index (χ1) is 12.5. The van der Waals surface area contributed by atoms with Gasteiger partial charge >= 0.3 is 6.01 Å². The fourth-order valence-corrected chi connectivity index (χ4v) is 2.32. The predicted octanol–water partition coefficient (Wildman–Crippen LogP) is 3.74. The molecule has 26 heavy (non-hydrogen) atoms. The Labute approximate surface area is 148 Å². The lowest BCUT2D eigenvalue weighted by atomic mass is 10.1. The molecule has 0 fully saturated rings. The number of aromatic nitrogens is 2. The molecule has 0 bridgehead atoms. The standard InChI is InChI=1S/C18H14N4O4/c1-12-15(4-2-5-16(12)22(24)25)17(23)21-13-6-8-14(9-7-13)26-18-19-10-3-11-20-18/h2-11H,1H3,(H,21,23). The molecule has 1 heterocycles. The molecule has 1 aromatic heterocycles. The molecule has 0 atom stereocenters. The number of anilines is 1. The van der Waals surface area contributed by atoms with Crippen molar-refractivity contribution in [2.24, 2.45) is 0 Å². The average molecular weight is 350 g/mol. The van der Waals surface area contributed by atoms with Crippen LogP contribution in [-0.4, -0.2) is 20.8 Å². The van der Waals surface area contributed by atoms with Crippen molar-refractivity contribution in [1.82, 2.24) is 9.97 Å². The van der Waals surface area contributed by atoms with Gasteiger partial charge in [0, 0.05) is 35.3 Å². The van der Waals surface area contributed by atoms with Crippen LogP contribution in [0.15, 0.2) is 60.9 Å². The molecule has 0 unspecified atom stereocenters. The van der Waals surface area contributed by atoms with Crippen LogP contribution in [0.25, 0.3) is 0 Å². The van der Waals surface area contributed by atoms with Crippen molar-refractivity contribution >= 4 is 17.3 Å². The number of hydrogen-bond donors (Lipinski definition) is 1. The maximum absolute atomic E-state index is 12.4. The Morgan fingerprint density at radius 2 is 1.77 bits per heavy atom. The number of nitrogens with one attached hydrogen (secondary N) is 1. The van der Waals surface area contributed by atoms with Crippen LogP contribution in [0.4, 0.5) is 11.4 Å². The number of amides is 1. The Hall–Kier alpha value is -3.81. The summed E-state index contributed by atoms with van der Waals surface area (Å²) >= 11 is 0. The number of carbonyl (C=O) groups excluding carboxylic acids is 1. The van der Waals surface area contributed by atoms with E-state index in [1.165, 1.54) is 12.1 Å². The molecule has 0 saturated heterocycles. The molecule has 3 rings (SSSR count). The largest absolute Gasteiger partial charge is 0.424 e. The third-order valence-electron chi connectivity index (χ3n) is 3.61. The van der Waals surface area contributed by atoms with Gasteiger partial charge in [-0.2, -0.15) is 0 Å². The van der Waals surface area contributed by atoms with Crippen LogP contribution >= 0.6 is 0 Å². The van der Waals surface area contributed by atoms with Gasteiger partial charge in [0.15, 0.2) is 0 Å². The number of nitro benzene ring substituents is 1. The van der Waals surface area contributed by atoms with Gasteiger partial charge in [0.25, 0.3) is 11.6 Å². The third-order valence-corrected chi connectivity index (χ3v) is 3.61. The maximum Gasteiger partial charge on any atom is 0.321 e. The monoisotopic (exact) mass is 350 g/mol. The van der Waals surface area contributed by atoms with E-state index >= 15 is 0 Å². The quantitative estimate of drug-likeness (QED) is 0.555. The van der Waals surface area contributed by atoms with Crippen molar-refractivity contribution in [3.05, 3.63) is 82.2 Å². The van der Waals surface area contributed by atoms with Crippen molar-refractivity contribution in [1.29, 1.82) is 0 Å². The molecule has 0 aliphatic heterocycles. The van der Waals surface area contributed by atoms with Crippen molar-refractivity contribution in [2.45, 2.75) is 6.92 Å². The molecule has 0 saturated carbocycles. The lowest BCUT2D eigenvalue weighted by Gasteiger charge is -2.09. The molecule has 8 nitrogen and oxygen atoms in total. The first kappa shape index (κ1) is 17.0. The number of carbonyl (C=O) groups is 1. The fourth-order valence-electron chi connectivity index (χ4n) is 2.32. The van der Waals surface area contributed by atoms with Gasteiger partial charge in [0.05, 0.1) is 4.92 Å². The number of hydrogen-bond acceptors (Lipinski definition) is 6. The van der Waals surface area contributed by atoms with E-state index in [2.05, 4.69) is 15.3 Å². The van der Waals surface area contributed by atoms with E-state index in [0.29, 0.717) is 17.0 Å². The smallest absolute Gasteiger partial charge is 0.321 e. The van der Waals surface area contributed by atoms with Crippen molar-refractivity contribution in [3.8, 4) is 11.8 Å². The molecule has 0 aliphatic rings. The van der Waals surface area contributed by atoms with E-state index in [1.54, 1.807) is 55.7 Å². The Morgan fingerprint density at radius 1 is 1.08 bits per heavy atom. The zero-order valence-electron chi connectivity index (χ0n) is 13.7. The summed E-state index contributed by atoms with van der Waals surface area (Å²) in [5.41, 5.74) is 1.000. The van der Waals surface area contributed by atoms with Crippen molar-refractivity contribution < 1.29 is 14.5 Å². The number of benzene rings is 2. The van der Waals surface area contributed by atoms with Crippen LogP contribution in [0.2, 0.25) is 0 Å². The number of nitro groups is 1. The Morgan fingerprint density at radius 3 is 2.42 bits per heavy atom. The van der Waals surface area contributed by atoms with Gasteiger partial charge < -0.3 is 10.1 Å². The molecule has 8 heteroatoms. The van der Waals surface area contributed by atoms with Gasteiger partial charge in [0.1, 0.15) is 5.75 Å². The molecular weight excluding hydrogens is 336 g/mol. The van der Waals surface area contributed by atoms with E-state index in [9.17, 15) is 14.9 Å². The summed E-state index contributed by atoms with van der Waals surface area (Å²) in [5, 5.41) is 13.7. The van der Waals surface area contributed by atoms with Crippen LogP contribution in [-0.2, 0) is 0 Å². The molecule has 1 amide bonds. The fraction of sp³-hybridized carbons (Fsp3) is 0.0556. The molecule has 3 aromatic rings. The van der Waals surface area contributed by atoms with E-state index in [-0.39, 0.29) is 17.3 Å². The third kappa shape index (κ3) is 3.81. The van der Waals surface area contributed by atoms with Crippen LogP contribution in [0, 0.1) is 17.0 Å². The number of rotatable bonds is 5. The Balaban J connectivity index is 1.72. The summed E-state index contributed by atoms with van der Waals surface area (Å²) in [4.78, 5) is 30.8. The lowest BCUT2D eigenvalue weighted by Crippen LogP contribution is -2.14. The second-order valence-corrected chi connectivity index (χ2v) is 5.32. The minimum atomic E-state index is -0.510. The summed E-state index contributed by atoms with van der Waals surface area (Å²) in [6.45, 7) is 1.55. The first-order valence-corrected chi connectivity index (χ1v) is 7.65. The second kappa shape index (κ2) is 7.39. The molecule has 0 aliphatic carbocycles. The van der Waals surface area contributed by atoms with Crippen LogP contribution in [0.3, 0.4) is 0 Å². The second-order valence-electron chi connectivity index (χ2n) is 5.32. The Bertz CT molecular complexity index is 943. The molecule has 0 spiro atoms. The highest BCUT2D eigenvalue weighted by Gasteiger charge is 2.18. The van der Waals surface area contributed by atoms with Gasteiger partial charge in [-0.3, -0.25) is 14.9 Å². The highest BCUT2D eigenvalue weighted by Crippen LogP contribution is 2.23. The molecule has 0 radical (unpaired) electrons. The number of nitrogens with zero attached hydrogens (tertiary/aromatic N) is 3. The van der Waals surface area contributed by atoms with E-state index in [4.69, 9.17) is 4.74 Å². The number of ether oxygens (including phenoxy) is 1. The normalized spacial score (nSPS) is 10.2. The van der Waals surface area contributed by atoms with Gasteiger partial charge in [-0.25, -0.2) is 9.97 Å². The van der Waals surface area contributed by atoms with Gasteiger partial charge in [-0.15, -0.1) is 0 Å². The topological polar surface area (TPSA) is 107 Å². The zero-order chi connectivity index (χ0) is 18.5. The van der Waals surface area contributed by atoms with Gasteiger partial charge in [-0.1, -0.05) is 6.07 Å². The minimum Gasteiger partial charge on any atom is -0.424 e. The summed E-state index contributed by atoms with van der Waals surface area (Å²) in [6, 6.07) is 12.9. The SMILES string of the molecule is Cc1c(C(=O)Nc2ccc(Oc3ncccn3)cc2)cccc1[N+](=O)[O-]. The molecule has 2 aromatic carbocycles. The maximum atomic E-state index is 12.4. The van der Waals surface area contributed by atoms with Crippen molar-refractivity contribution in [2.75, 3.05) is 5.32 Å². The molecule has 130 valence electrons. The van der Waals surface area contributed by atoms with Gasteiger partial charge in [0.2, 0.25) is 0 Å². The van der Waals surface area contributed by atoms with Crippen molar-refractivity contribution in [3.63, 3.8) is 0 Å². The highest BCUT2D eigenvalue weighted by atomic mass is 16.6. The highest BCUT2D eigenvalue weighted by molar-refractivity contribution is 6.05. The summed E-state index contributed by atoms with van der Waals surface area (Å²) < 4.78 is 5.47. The van der Waals surface area contributed by atoms with E-state index < -0.39 is 10.8 Å².